The molecule has 1 aliphatic heterocycles. The number of piperidine rings is 1. The van der Waals surface area contributed by atoms with Crippen molar-refractivity contribution in [3.63, 3.8) is 0 Å². The molecule has 0 aliphatic carbocycles. The Morgan fingerprint density at radius 1 is 1.07 bits per heavy atom. The van der Waals surface area contributed by atoms with E-state index in [1.807, 2.05) is 4.90 Å². The number of aryl methyl sites for hydroxylation is 1. The maximum absolute atomic E-state index is 13.2. The number of rotatable bonds is 6. The van der Waals surface area contributed by atoms with E-state index in [1.165, 1.54) is 17.7 Å². The molecule has 1 aliphatic rings. The Bertz CT molecular complexity index is 816. The van der Waals surface area contributed by atoms with Gasteiger partial charge in [-0.1, -0.05) is 42.0 Å². The van der Waals surface area contributed by atoms with Crippen LogP contribution in [0.4, 0.5) is 5.69 Å². The number of nitrogens with zero attached hydrogens (tertiary/aromatic N) is 3. The van der Waals surface area contributed by atoms with Gasteiger partial charge in [0.05, 0.1) is 11.3 Å². The molecule has 3 rings (SSSR count). The third kappa shape index (κ3) is 6.27. The molecule has 1 amide bonds. The van der Waals surface area contributed by atoms with Gasteiger partial charge in [-0.2, -0.15) is 0 Å². The Kier molecular flexibility index (Phi) is 8.17. The molecule has 29 heavy (non-hydrogen) atoms. The molecule has 156 valence electrons. The van der Waals surface area contributed by atoms with Crippen LogP contribution in [0.2, 0.25) is 0 Å². The van der Waals surface area contributed by atoms with Gasteiger partial charge in [0, 0.05) is 24.7 Å². The highest BCUT2D eigenvalue weighted by atomic mass is 35.5. The number of nitro groups is 1. The summed E-state index contributed by atoms with van der Waals surface area (Å²) >= 11 is 0. The number of nitro benzene ring substituents is 1. The highest BCUT2D eigenvalue weighted by Crippen LogP contribution is 2.21. The fourth-order valence-electron chi connectivity index (χ4n) is 3.63. The van der Waals surface area contributed by atoms with E-state index in [1.54, 1.807) is 12.1 Å². The van der Waals surface area contributed by atoms with Gasteiger partial charge in [-0.3, -0.25) is 14.9 Å². The minimum atomic E-state index is -0.423. The number of hydrogen-bond acceptors (Lipinski definition) is 4. The molecule has 2 aromatic carbocycles. The topological polar surface area (TPSA) is 66.7 Å². The lowest BCUT2D eigenvalue weighted by Gasteiger charge is -2.37. The molecule has 0 unspecified atom stereocenters. The van der Waals surface area contributed by atoms with Gasteiger partial charge in [-0.05, 0) is 51.0 Å². The maximum atomic E-state index is 13.2. The van der Waals surface area contributed by atoms with Crippen molar-refractivity contribution in [1.82, 2.24) is 9.80 Å². The predicted octanol–water partition coefficient (Wildman–Crippen LogP) is 3.99. The zero-order valence-electron chi connectivity index (χ0n) is 16.9. The average Bonchev–Trinajstić information content (AvgIpc) is 2.68. The van der Waals surface area contributed by atoms with Crippen LogP contribution in [0.15, 0.2) is 48.5 Å². The molecular weight excluding hydrogens is 390 g/mol. The molecule has 0 atom stereocenters. The van der Waals surface area contributed by atoms with Crippen molar-refractivity contribution >= 4 is 24.0 Å². The fourth-order valence-corrected chi connectivity index (χ4v) is 3.63. The highest BCUT2D eigenvalue weighted by Gasteiger charge is 2.27. The van der Waals surface area contributed by atoms with Crippen molar-refractivity contribution < 1.29 is 9.72 Å². The molecule has 1 saturated heterocycles. The number of carbonyl (C=O) groups excluding carboxylic acids is 1. The summed E-state index contributed by atoms with van der Waals surface area (Å²) in [6.07, 6.45) is 2.19. The quantitative estimate of drug-likeness (QED) is 0.526. The van der Waals surface area contributed by atoms with Crippen LogP contribution < -0.4 is 0 Å². The number of halogens is 1. The molecular formula is C22H28ClN3O3. The molecule has 1 heterocycles. The van der Waals surface area contributed by atoms with Crippen LogP contribution in [-0.4, -0.2) is 46.8 Å². The number of carbonyl (C=O) groups is 1. The summed E-state index contributed by atoms with van der Waals surface area (Å²) in [4.78, 5) is 27.9. The monoisotopic (exact) mass is 417 g/mol. The van der Waals surface area contributed by atoms with Crippen LogP contribution in [0.3, 0.4) is 0 Å². The molecule has 0 radical (unpaired) electrons. The number of benzene rings is 2. The minimum Gasteiger partial charge on any atom is -0.335 e. The highest BCUT2D eigenvalue weighted by molar-refractivity contribution is 5.85. The molecule has 0 bridgehead atoms. The van der Waals surface area contributed by atoms with Gasteiger partial charge in [-0.25, -0.2) is 0 Å². The van der Waals surface area contributed by atoms with Crippen LogP contribution in [-0.2, 0) is 17.8 Å². The minimum absolute atomic E-state index is 0. The van der Waals surface area contributed by atoms with Crippen LogP contribution in [0, 0.1) is 17.0 Å². The standard InChI is InChI=1S/C22H27N3O3.ClH/c1-17-3-5-19(6-4-17)16-24(20-11-13-23(2)14-12-20)22(26)15-18-7-9-21(10-8-18)25(27)28;/h3-10,20H,11-16H2,1-2H3;1H. The van der Waals surface area contributed by atoms with Crippen molar-refractivity contribution in [2.75, 3.05) is 20.1 Å². The van der Waals surface area contributed by atoms with Crippen LogP contribution >= 0.6 is 12.4 Å². The number of likely N-dealkylation sites (tertiary alicyclic amines) is 1. The molecule has 0 N–H and O–H groups in total. The first-order chi connectivity index (χ1) is 13.4. The van der Waals surface area contributed by atoms with Crippen molar-refractivity contribution in [1.29, 1.82) is 0 Å². The van der Waals surface area contributed by atoms with Gasteiger partial charge in [0.2, 0.25) is 5.91 Å². The predicted molar refractivity (Wildman–Crippen MR) is 116 cm³/mol. The van der Waals surface area contributed by atoms with E-state index in [2.05, 4.69) is 43.1 Å². The van der Waals surface area contributed by atoms with Gasteiger partial charge >= 0.3 is 0 Å². The van der Waals surface area contributed by atoms with Crippen LogP contribution in [0.1, 0.15) is 29.5 Å². The summed E-state index contributed by atoms with van der Waals surface area (Å²) in [7, 11) is 2.11. The van der Waals surface area contributed by atoms with E-state index in [9.17, 15) is 14.9 Å². The molecule has 7 heteroatoms. The molecule has 0 spiro atoms. The first-order valence-corrected chi connectivity index (χ1v) is 9.69. The second-order valence-electron chi connectivity index (χ2n) is 7.64. The lowest BCUT2D eigenvalue weighted by atomic mass is 10.0. The summed E-state index contributed by atoms with van der Waals surface area (Å²) in [5.74, 6) is 0.0731. The maximum Gasteiger partial charge on any atom is 0.269 e. The van der Waals surface area contributed by atoms with Crippen molar-refractivity contribution in [3.8, 4) is 0 Å². The fraction of sp³-hybridized carbons (Fsp3) is 0.409. The Morgan fingerprint density at radius 2 is 1.62 bits per heavy atom. The second-order valence-corrected chi connectivity index (χ2v) is 7.64. The SMILES string of the molecule is Cc1ccc(CN(C(=O)Cc2ccc([N+](=O)[O-])cc2)C2CCN(C)CC2)cc1.Cl. The zero-order valence-corrected chi connectivity index (χ0v) is 17.7. The second kappa shape index (κ2) is 10.4. The van der Waals surface area contributed by atoms with E-state index < -0.39 is 4.92 Å². The van der Waals surface area contributed by atoms with Gasteiger partial charge < -0.3 is 9.80 Å². The van der Waals surface area contributed by atoms with E-state index in [0.717, 1.165) is 37.1 Å². The Balaban J connectivity index is 0.00000300. The Hall–Kier alpha value is -2.44. The van der Waals surface area contributed by atoms with Crippen LogP contribution in [0.25, 0.3) is 0 Å². The smallest absolute Gasteiger partial charge is 0.269 e. The Morgan fingerprint density at radius 3 is 2.17 bits per heavy atom. The van der Waals surface area contributed by atoms with Gasteiger partial charge in [0.25, 0.3) is 5.69 Å². The average molecular weight is 418 g/mol. The van der Waals surface area contributed by atoms with Crippen LogP contribution in [0.5, 0.6) is 0 Å². The summed E-state index contributed by atoms with van der Waals surface area (Å²) < 4.78 is 0. The van der Waals surface area contributed by atoms with Gasteiger partial charge in [0.1, 0.15) is 0 Å². The van der Waals surface area contributed by atoms with E-state index in [-0.39, 0.29) is 36.5 Å². The van der Waals surface area contributed by atoms with E-state index in [4.69, 9.17) is 0 Å². The zero-order chi connectivity index (χ0) is 20.1. The lowest BCUT2D eigenvalue weighted by Crippen LogP contribution is -2.46. The third-order valence-electron chi connectivity index (χ3n) is 5.43. The summed E-state index contributed by atoms with van der Waals surface area (Å²) in [5, 5.41) is 10.8. The summed E-state index contributed by atoms with van der Waals surface area (Å²) in [5.41, 5.74) is 3.17. The van der Waals surface area contributed by atoms with Crippen molar-refractivity contribution in [2.24, 2.45) is 0 Å². The van der Waals surface area contributed by atoms with Gasteiger partial charge in [0.15, 0.2) is 0 Å². The molecule has 0 saturated carbocycles. The molecule has 2 aromatic rings. The molecule has 0 aromatic heterocycles. The summed E-state index contributed by atoms with van der Waals surface area (Å²) in [6, 6.07) is 14.8. The Labute approximate surface area is 178 Å². The number of non-ortho nitro benzene ring substituents is 1. The normalized spacial score (nSPS) is 14.8. The first kappa shape index (κ1) is 22.8. The number of hydrogen-bond donors (Lipinski definition) is 0. The molecule has 6 nitrogen and oxygen atoms in total. The van der Waals surface area contributed by atoms with E-state index in [0.29, 0.717) is 6.54 Å². The van der Waals surface area contributed by atoms with E-state index >= 15 is 0 Å². The van der Waals surface area contributed by atoms with Crippen molar-refractivity contribution in [2.45, 2.75) is 38.8 Å². The lowest BCUT2D eigenvalue weighted by molar-refractivity contribution is -0.384. The molecule has 1 fully saturated rings. The van der Waals surface area contributed by atoms with Crippen molar-refractivity contribution in [3.05, 3.63) is 75.3 Å². The largest absolute Gasteiger partial charge is 0.335 e. The first-order valence-electron chi connectivity index (χ1n) is 9.69. The number of amides is 1. The van der Waals surface area contributed by atoms with Gasteiger partial charge in [-0.15, -0.1) is 12.4 Å². The third-order valence-corrected chi connectivity index (χ3v) is 5.43. The summed E-state index contributed by atoms with van der Waals surface area (Å²) in [6.45, 7) is 4.62.